The average molecular weight is 419 g/mol. The van der Waals surface area contributed by atoms with Gasteiger partial charge in [0.25, 0.3) is 11.5 Å². The number of ether oxygens (including phenoxy) is 3. The summed E-state index contributed by atoms with van der Waals surface area (Å²) in [6, 6.07) is 4.31. The molecule has 3 rings (SSSR count). The zero-order valence-electron chi connectivity index (χ0n) is 16.3. The second-order valence-corrected chi connectivity index (χ2v) is 7.24. The van der Waals surface area contributed by atoms with Crippen LogP contribution in [0.5, 0.6) is 11.5 Å². The molecule has 0 fully saturated rings. The van der Waals surface area contributed by atoms with E-state index in [9.17, 15) is 14.4 Å². The number of hydrogen-bond donors (Lipinski definition) is 1. The first-order valence-corrected chi connectivity index (χ1v) is 9.79. The van der Waals surface area contributed by atoms with Crippen molar-refractivity contribution >= 4 is 23.6 Å². The van der Waals surface area contributed by atoms with Crippen LogP contribution < -0.4 is 20.3 Å². The van der Waals surface area contributed by atoms with Crippen molar-refractivity contribution in [1.82, 2.24) is 14.9 Å². The number of hydrogen-bond acceptors (Lipinski definition) is 8. The molecule has 0 aliphatic carbocycles. The van der Waals surface area contributed by atoms with Crippen molar-refractivity contribution < 1.29 is 23.8 Å². The van der Waals surface area contributed by atoms with Crippen molar-refractivity contribution in [2.24, 2.45) is 0 Å². The van der Waals surface area contributed by atoms with Crippen LogP contribution in [0.1, 0.15) is 28.4 Å². The summed E-state index contributed by atoms with van der Waals surface area (Å²) < 4.78 is 16.7. The van der Waals surface area contributed by atoms with Crippen molar-refractivity contribution in [1.29, 1.82) is 0 Å². The van der Waals surface area contributed by atoms with Gasteiger partial charge in [0, 0.05) is 18.5 Å². The predicted molar refractivity (Wildman–Crippen MR) is 106 cm³/mol. The van der Waals surface area contributed by atoms with Crippen LogP contribution >= 0.6 is 11.8 Å². The lowest BCUT2D eigenvalue weighted by Gasteiger charge is -2.19. The van der Waals surface area contributed by atoms with Gasteiger partial charge >= 0.3 is 5.97 Å². The number of carbonyl (C=O) groups excluding carboxylic acids is 2. The fourth-order valence-corrected chi connectivity index (χ4v) is 3.89. The van der Waals surface area contributed by atoms with E-state index in [0.717, 1.165) is 5.75 Å². The lowest BCUT2D eigenvalue weighted by atomic mass is 10.0. The van der Waals surface area contributed by atoms with Gasteiger partial charge in [-0.15, -0.1) is 0 Å². The zero-order valence-corrected chi connectivity index (χ0v) is 17.1. The van der Waals surface area contributed by atoms with E-state index >= 15 is 0 Å². The van der Waals surface area contributed by atoms with E-state index < -0.39 is 23.5 Å². The number of esters is 1. The van der Waals surface area contributed by atoms with Crippen molar-refractivity contribution in [2.45, 2.75) is 24.2 Å². The summed E-state index contributed by atoms with van der Waals surface area (Å²) in [6.45, 7) is 0.508. The van der Waals surface area contributed by atoms with Gasteiger partial charge in [-0.3, -0.25) is 19.0 Å². The number of benzene rings is 1. The van der Waals surface area contributed by atoms with Crippen molar-refractivity contribution in [3.63, 3.8) is 0 Å². The molecular weight excluding hydrogens is 398 g/mol. The van der Waals surface area contributed by atoms with E-state index in [1.165, 1.54) is 43.9 Å². The predicted octanol–water partition coefficient (Wildman–Crippen LogP) is 1.40. The van der Waals surface area contributed by atoms with Crippen molar-refractivity contribution in [2.75, 3.05) is 27.1 Å². The molecule has 10 heteroatoms. The first kappa shape index (κ1) is 20.7. The number of thioether (sulfide) groups is 1. The number of fused-ring (bicyclic) bond motifs is 1. The summed E-state index contributed by atoms with van der Waals surface area (Å²) >= 11 is 1.47. The molecule has 1 aromatic heterocycles. The van der Waals surface area contributed by atoms with Crippen LogP contribution in [0.2, 0.25) is 0 Å². The minimum atomic E-state index is -0.734. The highest BCUT2D eigenvalue weighted by Gasteiger charge is 2.25. The minimum Gasteiger partial charge on any atom is -0.493 e. The van der Waals surface area contributed by atoms with Crippen LogP contribution in [0.3, 0.4) is 0 Å². The summed E-state index contributed by atoms with van der Waals surface area (Å²) in [5.74, 6) is 0.580. The SMILES string of the molecule is COC(=O)C[C@@H](NC(=O)c1cnc2n(c1=O)CCS2)c1ccc(OC)c(OC)c1. The van der Waals surface area contributed by atoms with Gasteiger partial charge in [0.2, 0.25) is 0 Å². The normalized spacial score (nSPS) is 13.3. The average Bonchev–Trinajstić information content (AvgIpc) is 3.22. The molecule has 0 saturated carbocycles. The van der Waals surface area contributed by atoms with Crippen LogP contribution in [-0.2, 0) is 16.1 Å². The summed E-state index contributed by atoms with van der Waals surface area (Å²) in [6.07, 6.45) is 1.15. The molecule has 29 heavy (non-hydrogen) atoms. The van der Waals surface area contributed by atoms with Gasteiger partial charge in [-0.2, -0.15) is 0 Å². The van der Waals surface area contributed by atoms with E-state index in [-0.39, 0.29) is 12.0 Å². The molecule has 1 N–H and O–H groups in total. The Morgan fingerprint density at radius 3 is 2.69 bits per heavy atom. The van der Waals surface area contributed by atoms with Crippen LogP contribution in [0.15, 0.2) is 34.3 Å². The van der Waals surface area contributed by atoms with Crippen molar-refractivity contribution in [3.05, 3.63) is 45.9 Å². The number of rotatable bonds is 7. The van der Waals surface area contributed by atoms with Crippen LogP contribution in [0.25, 0.3) is 0 Å². The summed E-state index contributed by atoms with van der Waals surface area (Å²) in [5.41, 5.74) is 0.124. The van der Waals surface area contributed by atoms with Gasteiger partial charge in [0.05, 0.1) is 33.8 Å². The third-order valence-corrected chi connectivity index (χ3v) is 5.49. The van der Waals surface area contributed by atoms with E-state index in [0.29, 0.717) is 28.8 Å². The van der Waals surface area contributed by atoms with E-state index in [4.69, 9.17) is 14.2 Å². The van der Waals surface area contributed by atoms with Gasteiger partial charge < -0.3 is 19.5 Å². The first-order valence-electron chi connectivity index (χ1n) is 8.80. The molecule has 0 bridgehead atoms. The Bertz CT molecular complexity index is 990. The van der Waals surface area contributed by atoms with Gasteiger partial charge in [0.1, 0.15) is 5.56 Å². The third-order valence-electron chi connectivity index (χ3n) is 4.51. The number of aromatic nitrogens is 2. The van der Waals surface area contributed by atoms with E-state index in [1.54, 1.807) is 18.2 Å². The highest BCUT2D eigenvalue weighted by Crippen LogP contribution is 2.31. The molecule has 154 valence electrons. The van der Waals surface area contributed by atoms with Crippen LogP contribution in [0, 0.1) is 0 Å². The lowest BCUT2D eigenvalue weighted by molar-refractivity contribution is -0.141. The van der Waals surface area contributed by atoms with Crippen molar-refractivity contribution in [3.8, 4) is 11.5 Å². The number of nitrogens with zero attached hydrogens (tertiary/aromatic N) is 2. The Balaban J connectivity index is 1.91. The second-order valence-electron chi connectivity index (χ2n) is 6.18. The molecular formula is C19H21N3O6S. The smallest absolute Gasteiger partial charge is 0.307 e. The quantitative estimate of drug-likeness (QED) is 0.530. The lowest BCUT2D eigenvalue weighted by Crippen LogP contribution is -2.36. The number of carbonyl (C=O) groups is 2. The van der Waals surface area contributed by atoms with E-state index in [2.05, 4.69) is 10.3 Å². The molecule has 1 amide bonds. The molecule has 2 aromatic rings. The van der Waals surface area contributed by atoms with E-state index in [1.807, 2.05) is 0 Å². The molecule has 1 aliphatic rings. The standard InChI is InChI=1S/C19H21N3O6S/c1-26-14-5-4-11(8-15(14)27-2)13(9-16(23)28-3)21-17(24)12-10-20-19-22(18(12)25)6-7-29-19/h4-5,8,10,13H,6-7,9H2,1-3H3,(H,21,24)/t13-/m1/s1. The molecule has 0 unspecified atom stereocenters. The minimum absolute atomic E-state index is 0.0772. The zero-order chi connectivity index (χ0) is 21.0. The van der Waals surface area contributed by atoms with Gasteiger partial charge in [-0.1, -0.05) is 17.8 Å². The maximum absolute atomic E-state index is 12.8. The van der Waals surface area contributed by atoms with Crippen LogP contribution in [-0.4, -0.2) is 48.5 Å². The Labute approximate surface area is 171 Å². The van der Waals surface area contributed by atoms with Gasteiger partial charge in [0.15, 0.2) is 16.7 Å². The topological polar surface area (TPSA) is 109 Å². The highest BCUT2D eigenvalue weighted by atomic mass is 32.2. The summed E-state index contributed by atoms with van der Waals surface area (Å²) in [4.78, 5) is 41.5. The Morgan fingerprint density at radius 1 is 1.24 bits per heavy atom. The second kappa shape index (κ2) is 8.99. The molecule has 0 spiro atoms. The monoisotopic (exact) mass is 419 g/mol. The molecule has 9 nitrogen and oxygen atoms in total. The molecule has 0 radical (unpaired) electrons. The Hall–Kier alpha value is -3.01. The fourth-order valence-electron chi connectivity index (χ4n) is 2.98. The maximum atomic E-state index is 12.8. The summed E-state index contributed by atoms with van der Waals surface area (Å²) in [5, 5.41) is 3.33. The Morgan fingerprint density at radius 2 is 2.00 bits per heavy atom. The molecule has 1 atom stereocenters. The third kappa shape index (κ3) is 4.37. The first-order chi connectivity index (χ1) is 14.0. The highest BCUT2D eigenvalue weighted by molar-refractivity contribution is 7.99. The Kier molecular flexibility index (Phi) is 6.42. The van der Waals surface area contributed by atoms with Gasteiger partial charge in [-0.05, 0) is 17.7 Å². The number of amides is 1. The summed E-state index contributed by atoms with van der Waals surface area (Å²) in [7, 11) is 4.27. The van der Waals surface area contributed by atoms with Crippen LogP contribution in [0.4, 0.5) is 0 Å². The molecule has 1 aliphatic heterocycles. The molecule has 2 heterocycles. The largest absolute Gasteiger partial charge is 0.493 e. The fraction of sp³-hybridized carbons (Fsp3) is 0.368. The molecule has 1 aromatic carbocycles. The molecule has 0 saturated heterocycles. The number of nitrogens with one attached hydrogen (secondary N) is 1. The van der Waals surface area contributed by atoms with Gasteiger partial charge in [-0.25, -0.2) is 4.98 Å². The number of methoxy groups -OCH3 is 3. The maximum Gasteiger partial charge on any atom is 0.307 e.